The summed E-state index contributed by atoms with van der Waals surface area (Å²) in [5.41, 5.74) is 0.143. The van der Waals surface area contributed by atoms with Gasteiger partial charge in [-0.3, -0.25) is 10.1 Å². The second-order valence-corrected chi connectivity index (χ2v) is 3.50. The predicted molar refractivity (Wildman–Crippen MR) is 59.7 cm³/mol. The number of hydrogen-bond acceptors (Lipinski definition) is 6. The minimum absolute atomic E-state index is 0.0963. The Morgan fingerprint density at radius 2 is 2.35 bits per heavy atom. The number of nitrogens with zero attached hydrogens (tertiary/aromatic N) is 3. The van der Waals surface area contributed by atoms with Gasteiger partial charge in [-0.15, -0.1) is 0 Å². The summed E-state index contributed by atoms with van der Waals surface area (Å²) in [6, 6.07) is 4.44. The highest BCUT2D eigenvalue weighted by Gasteiger charge is 2.16. The number of aromatic nitrogens is 2. The molecule has 0 saturated carbocycles. The van der Waals surface area contributed by atoms with Crippen molar-refractivity contribution in [2.24, 2.45) is 0 Å². The summed E-state index contributed by atoms with van der Waals surface area (Å²) in [6.45, 7) is 0.196. The molecule has 0 spiro atoms. The van der Waals surface area contributed by atoms with Crippen LogP contribution in [0.15, 0.2) is 29.1 Å². The first-order valence-electron chi connectivity index (χ1n) is 4.60. The Kier molecular flexibility index (Phi) is 3.20. The van der Waals surface area contributed by atoms with E-state index in [9.17, 15) is 10.1 Å². The zero-order valence-electron chi connectivity index (χ0n) is 8.46. The molecule has 0 bridgehead atoms. The molecule has 8 heteroatoms. The summed E-state index contributed by atoms with van der Waals surface area (Å²) >= 11 is 5.88. The monoisotopic (exact) mass is 254 g/mol. The Morgan fingerprint density at radius 3 is 3.00 bits per heavy atom. The number of nitro groups is 1. The van der Waals surface area contributed by atoms with E-state index in [0.717, 1.165) is 0 Å². The Morgan fingerprint density at radius 1 is 1.53 bits per heavy atom. The zero-order valence-corrected chi connectivity index (χ0v) is 9.22. The van der Waals surface area contributed by atoms with E-state index in [0.29, 0.717) is 5.82 Å². The summed E-state index contributed by atoms with van der Waals surface area (Å²) in [7, 11) is 0. The highest BCUT2D eigenvalue weighted by molar-refractivity contribution is 6.33. The molecule has 7 nitrogen and oxygen atoms in total. The fraction of sp³-hybridized carbons (Fsp3) is 0.111. The van der Waals surface area contributed by atoms with Gasteiger partial charge >= 0.3 is 0 Å². The molecule has 0 aliphatic rings. The van der Waals surface area contributed by atoms with Crippen LogP contribution >= 0.6 is 11.6 Å². The van der Waals surface area contributed by atoms with Crippen LogP contribution in [0.5, 0.6) is 0 Å². The first-order chi connectivity index (χ1) is 8.18. The standard InChI is InChI=1S/C9H7ClN4O3/c10-6-2-1-3-7(14(15)16)9(6)11-4-8-12-5-17-13-8/h1-3,5,11H,4H2. The molecular weight excluding hydrogens is 248 g/mol. The van der Waals surface area contributed by atoms with Crippen LogP contribution in [0.2, 0.25) is 5.02 Å². The quantitative estimate of drug-likeness (QED) is 0.664. The SMILES string of the molecule is O=[N+]([O-])c1cccc(Cl)c1NCc1ncon1. The average Bonchev–Trinajstić information content (AvgIpc) is 2.80. The molecule has 2 aromatic rings. The van der Waals surface area contributed by atoms with Crippen molar-refractivity contribution in [2.45, 2.75) is 6.54 Å². The van der Waals surface area contributed by atoms with Crippen molar-refractivity contribution in [1.29, 1.82) is 0 Å². The van der Waals surface area contributed by atoms with Crippen molar-refractivity contribution < 1.29 is 9.45 Å². The number of hydrogen-bond donors (Lipinski definition) is 1. The number of halogens is 1. The third-order valence-electron chi connectivity index (χ3n) is 2.02. The second-order valence-electron chi connectivity index (χ2n) is 3.09. The Hall–Kier alpha value is -2.15. The van der Waals surface area contributed by atoms with E-state index in [1.165, 1.54) is 18.5 Å². The van der Waals surface area contributed by atoms with Crippen LogP contribution in [0.25, 0.3) is 0 Å². The van der Waals surface area contributed by atoms with Crippen molar-refractivity contribution >= 4 is 23.0 Å². The molecule has 1 aromatic heterocycles. The van der Waals surface area contributed by atoms with Crippen molar-refractivity contribution in [3.05, 3.63) is 45.6 Å². The van der Waals surface area contributed by atoms with Gasteiger partial charge in [-0.25, -0.2) is 0 Å². The maximum atomic E-state index is 10.8. The fourth-order valence-electron chi connectivity index (χ4n) is 1.28. The number of benzene rings is 1. The number of rotatable bonds is 4. The summed E-state index contributed by atoms with van der Waals surface area (Å²) < 4.78 is 4.54. The Bertz CT molecular complexity index is 529. The van der Waals surface area contributed by atoms with Gasteiger partial charge in [-0.05, 0) is 6.07 Å². The van der Waals surface area contributed by atoms with Gasteiger partial charge in [0.1, 0.15) is 5.69 Å². The van der Waals surface area contributed by atoms with Crippen molar-refractivity contribution in [1.82, 2.24) is 10.1 Å². The summed E-state index contributed by atoms with van der Waals surface area (Å²) in [5.74, 6) is 0.388. The largest absolute Gasteiger partial charge is 0.371 e. The van der Waals surface area contributed by atoms with Crippen LogP contribution in [0, 0.1) is 10.1 Å². The number of nitro benzene ring substituents is 1. The molecule has 2 rings (SSSR count). The summed E-state index contributed by atoms with van der Waals surface area (Å²) in [6.07, 6.45) is 1.18. The van der Waals surface area contributed by atoms with E-state index in [-0.39, 0.29) is 22.9 Å². The smallest absolute Gasteiger partial charge is 0.293 e. The lowest BCUT2D eigenvalue weighted by Gasteiger charge is -2.06. The average molecular weight is 255 g/mol. The second kappa shape index (κ2) is 4.79. The maximum Gasteiger partial charge on any atom is 0.293 e. The molecule has 17 heavy (non-hydrogen) atoms. The van der Waals surface area contributed by atoms with Gasteiger partial charge in [-0.1, -0.05) is 22.8 Å². The van der Waals surface area contributed by atoms with E-state index in [1.54, 1.807) is 6.07 Å². The lowest BCUT2D eigenvalue weighted by Crippen LogP contribution is -2.04. The maximum absolute atomic E-state index is 10.8. The number of nitrogens with one attached hydrogen (secondary N) is 1. The Balaban J connectivity index is 2.22. The van der Waals surface area contributed by atoms with Gasteiger partial charge in [0.15, 0.2) is 5.82 Å². The molecular formula is C9H7ClN4O3. The van der Waals surface area contributed by atoms with Crippen molar-refractivity contribution in [2.75, 3.05) is 5.32 Å². The number of para-hydroxylation sites is 1. The van der Waals surface area contributed by atoms with Gasteiger partial charge in [-0.2, -0.15) is 4.98 Å². The third kappa shape index (κ3) is 2.51. The molecule has 0 amide bonds. The van der Waals surface area contributed by atoms with Crippen LogP contribution in [0.3, 0.4) is 0 Å². The normalized spacial score (nSPS) is 10.2. The molecule has 0 radical (unpaired) electrons. The molecule has 0 aliphatic heterocycles. The predicted octanol–water partition coefficient (Wildman–Crippen LogP) is 2.24. The molecule has 1 heterocycles. The minimum atomic E-state index is -0.509. The highest BCUT2D eigenvalue weighted by atomic mass is 35.5. The fourth-order valence-corrected chi connectivity index (χ4v) is 1.51. The van der Waals surface area contributed by atoms with Gasteiger partial charge in [0.2, 0.25) is 6.39 Å². The minimum Gasteiger partial charge on any atom is -0.371 e. The molecule has 0 aliphatic carbocycles. The Labute approximate surface area is 101 Å². The van der Waals surface area contributed by atoms with Crippen LogP contribution in [0.4, 0.5) is 11.4 Å². The van der Waals surface area contributed by atoms with E-state index >= 15 is 0 Å². The van der Waals surface area contributed by atoms with Crippen molar-refractivity contribution in [3.8, 4) is 0 Å². The van der Waals surface area contributed by atoms with Crippen molar-refractivity contribution in [3.63, 3.8) is 0 Å². The first-order valence-corrected chi connectivity index (χ1v) is 4.98. The molecule has 1 N–H and O–H groups in total. The third-order valence-corrected chi connectivity index (χ3v) is 2.33. The molecule has 0 saturated heterocycles. The molecule has 0 atom stereocenters. The van der Waals surface area contributed by atoms with Crippen LogP contribution in [0.1, 0.15) is 5.82 Å². The van der Waals surface area contributed by atoms with Crippen LogP contribution < -0.4 is 5.32 Å². The topological polar surface area (TPSA) is 94.1 Å². The molecule has 88 valence electrons. The number of anilines is 1. The molecule has 1 aromatic carbocycles. The lowest BCUT2D eigenvalue weighted by atomic mass is 10.2. The van der Waals surface area contributed by atoms with Gasteiger partial charge < -0.3 is 9.84 Å². The molecule has 0 unspecified atom stereocenters. The summed E-state index contributed by atoms with van der Waals surface area (Å²) in [5, 5.41) is 17.4. The van der Waals surface area contributed by atoms with E-state index in [4.69, 9.17) is 11.6 Å². The van der Waals surface area contributed by atoms with Gasteiger partial charge in [0.25, 0.3) is 5.69 Å². The zero-order chi connectivity index (χ0) is 12.3. The molecule has 0 fully saturated rings. The van der Waals surface area contributed by atoms with Crippen LogP contribution in [-0.2, 0) is 6.54 Å². The highest BCUT2D eigenvalue weighted by Crippen LogP contribution is 2.31. The van der Waals surface area contributed by atoms with E-state index < -0.39 is 4.92 Å². The summed E-state index contributed by atoms with van der Waals surface area (Å²) in [4.78, 5) is 14.1. The van der Waals surface area contributed by atoms with Gasteiger partial charge in [0, 0.05) is 6.07 Å². The van der Waals surface area contributed by atoms with Gasteiger partial charge in [0.05, 0.1) is 16.5 Å². The van der Waals surface area contributed by atoms with E-state index in [1.807, 2.05) is 0 Å². The van der Waals surface area contributed by atoms with E-state index in [2.05, 4.69) is 20.0 Å². The lowest BCUT2D eigenvalue weighted by molar-refractivity contribution is -0.383. The van der Waals surface area contributed by atoms with Crippen LogP contribution in [-0.4, -0.2) is 15.1 Å². The first kappa shape index (κ1) is 11.3.